The second-order valence-electron chi connectivity index (χ2n) is 6.20. The molecule has 0 atom stereocenters. The monoisotopic (exact) mass is 270 g/mol. The van der Waals surface area contributed by atoms with Crippen molar-refractivity contribution in [2.45, 2.75) is 38.9 Å². The third-order valence-electron chi connectivity index (χ3n) is 4.20. The molecule has 1 saturated heterocycles. The molecule has 104 valence electrons. The summed E-state index contributed by atoms with van der Waals surface area (Å²) < 4.78 is 17.3. The summed E-state index contributed by atoms with van der Waals surface area (Å²) in [6, 6.07) is 8.07. The van der Waals surface area contributed by atoms with Crippen molar-refractivity contribution in [1.82, 2.24) is 0 Å². The maximum atomic E-state index is 5.93. The molecule has 1 aromatic heterocycles. The topological polar surface area (TPSA) is 31.6 Å². The average Bonchev–Trinajstić information content (AvgIpc) is 2.89. The van der Waals surface area contributed by atoms with Crippen molar-refractivity contribution in [1.29, 1.82) is 0 Å². The third-order valence-corrected chi connectivity index (χ3v) is 4.20. The Morgan fingerprint density at radius 3 is 2.40 bits per heavy atom. The van der Waals surface area contributed by atoms with Gasteiger partial charge in [0.15, 0.2) is 0 Å². The highest BCUT2D eigenvalue weighted by atomic mass is 16.7. The molecule has 2 aromatic rings. The van der Waals surface area contributed by atoms with Crippen LogP contribution in [0.3, 0.4) is 0 Å². The van der Waals surface area contributed by atoms with E-state index in [2.05, 4.69) is 33.8 Å². The largest absolute Gasteiger partial charge is 0.487 e. The third kappa shape index (κ3) is 2.30. The van der Waals surface area contributed by atoms with Crippen LogP contribution in [-0.2, 0) is 9.31 Å². The Labute approximate surface area is 119 Å². The van der Waals surface area contributed by atoms with Gasteiger partial charge in [0.2, 0.25) is 0 Å². The Balaban J connectivity index is 1.78. The Morgan fingerprint density at radius 1 is 1.00 bits per heavy atom. The molecule has 1 aromatic carbocycles. The SMILES string of the molecule is CC1(C)OB(/C=C/c2ccc3ccoc3c2)OC1(C)C. The zero-order chi connectivity index (χ0) is 14.4. The maximum absolute atomic E-state index is 5.93. The van der Waals surface area contributed by atoms with E-state index in [0.29, 0.717) is 0 Å². The fourth-order valence-electron chi connectivity index (χ4n) is 2.23. The van der Waals surface area contributed by atoms with Gasteiger partial charge in [0.25, 0.3) is 0 Å². The van der Waals surface area contributed by atoms with Gasteiger partial charge >= 0.3 is 7.12 Å². The first-order valence-electron chi connectivity index (χ1n) is 6.88. The highest BCUT2D eigenvalue weighted by molar-refractivity contribution is 6.52. The van der Waals surface area contributed by atoms with Gasteiger partial charge in [-0.15, -0.1) is 0 Å². The predicted molar refractivity (Wildman–Crippen MR) is 81.3 cm³/mol. The van der Waals surface area contributed by atoms with Crippen molar-refractivity contribution >= 4 is 24.2 Å². The molecular weight excluding hydrogens is 251 g/mol. The Hall–Kier alpha value is -1.52. The Kier molecular flexibility index (Phi) is 3.03. The van der Waals surface area contributed by atoms with Crippen molar-refractivity contribution in [2.75, 3.05) is 0 Å². The molecular formula is C16H19BO3. The molecule has 0 unspecified atom stereocenters. The molecule has 0 spiro atoms. The molecule has 0 amide bonds. The first kappa shape index (κ1) is 13.5. The zero-order valence-electron chi connectivity index (χ0n) is 12.3. The van der Waals surface area contributed by atoms with Gasteiger partial charge < -0.3 is 13.7 Å². The van der Waals surface area contributed by atoms with Gasteiger partial charge in [-0.1, -0.05) is 24.2 Å². The fraction of sp³-hybridized carbons (Fsp3) is 0.375. The van der Waals surface area contributed by atoms with Crippen LogP contribution in [0.2, 0.25) is 0 Å². The summed E-state index contributed by atoms with van der Waals surface area (Å²) in [5.74, 6) is 1.95. The van der Waals surface area contributed by atoms with Gasteiger partial charge in [-0.3, -0.25) is 0 Å². The highest BCUT2D eigenvalue weighted by Crippen LogP contribution is 2.37. The van der Waals surface area contributed by atoms with Crippen LogP contribution in [-0.4, -0.2) is 18.3 Å². The molecule has 4 heteroatoms. The number of rotatable bonds is 2. The van der Waals surface area contributed by atoms with Gasteiger partial charge in [0.05, 0.1) is 17.5 Å². The summed E-state index contributed by atoms with van der Waals surface area (Å²) in [7, 11) is -0.313. The van der Waals surface area contributed by atoms with Crippen molar-refractivity contribution in [3.05, 3.63) is 42.1 Å². The zero-order valence-corrected chi connectivity index (χ0v) is 12.3. The molecule has 2 heterocycles. The normalized spacial score (nSPS) is 21.1. The summed E-state index contributed by atoms with van der Waals surface area (Å²) in [6.07, 6.45) is 3.70. The van der Waals surface area contributed by atoms with Crippen LogP contribution in [0.5, 0.6) is 0 Å². The molecule has 0 aliphatic carbocycles. The van der Waals surface area contributed by atoms with E-state index in [9.17, 15) is 0 Å². The van der Waals surface area contributed by atoms with E-state index in [0.717, 1.165) is 16.5 Å². The number of hydrogen-bond acceptors (Lipinski definition) is 3. The van der Waals surface area contributed by atoms with Gasteiger partial charge in [-0.05, 0) is 45.4 Å². The van der Waals surface area contributed by atoms with Crippen LogP contribution in [0, 0.1) is 0 Å². The van der Waals surface area contributed by atoms with Crippen molar-refractivity contribution in [3.63, 3.8) is 0 Å². The van der Waals surface area contributed by atoms with Crippen LogP contribution in [0.1, 0.15) is 33.3 Å². The maximum Gasteiger partial charge on any atom is 0.487 e. The summed E-state index contributed by atoms with van der Waals surface area (Å²) in [5, 5.41) is 1.11. The summed E-state index contributed by atoms with van der Waals surface area (Å²) in [6.45, 7) is 8.21. The second kappa shape index (κ2) is 4.50. The van der Waals surface area contributed by atoms with Crippen LogP contribution < -0.4 is 0 Å². The first-order chi connectivity index (χ1) is 9.37. The lowest BCUT2D eigenvalue weighted by molar-refractivity contribution is 0.00578. The molecule has 3 nitrogen and oxygen atoms in total. The van der Waals surface area contributed by atoms with Crippen LogP contribution in [0.25, 0.3) is 17.0 Å². The van der Waals surface area contributed by atoms with Crippen molar-refractivity contribution in [3.8, 4) is 0 Å². The lowest BCUT2D eigenvalue weighted by atomic mass is 9.89. The number of furan rings is 1. The van der Waals surface area contributed by atoms with E-state index in [1.165, 1.54) is 0 Å². The highest BCUT2D eigenvalue weighted by Gasteiger charge is 2.49. The molecule has 1 aliphatic heterocycles. The molecule has 0 bridgehead atoms. The van der Waals surface area contributed by atoms with E-state index in [-0.39, 0.29) is 18.3 Å². The van der Waals surface area contributed by atoms with Crippen molar-refractivity contribution < 1.29 is 13.7 Å². The minimum atomic E-state index is -0.313. The molecule has 1 aliphatic rings. The quantitative estimate of drug-likeness (QED) is 0.770. The van der Waals surface area contributed by atoms with Gasteiger partial charge in [0.1, 0.15) is 5.58 Å². The van der Waals surface area contributed by atoms with Gasteiger partial charge in [0, 0.05) is 5.39 Å². The predicted octanol–water partition coefficient (Wildman–Crippen LogP) is 4.08. The number of benzene rings is 1. The van der Waals surface area contributed by atoms with E-state index in [4.69, 9.17) is 13.7 Å². The standard InChI is InChI=1S/C16H19BO3/c1-15(2)16(3,4)20-17(19-15)9-7-12-5-6-13-8-10-18-14(13)11-12/h5-11H,1-4H3/b9-7+. The molecule has 1 fully saturated rings. The van der Waals surface area contributed by atoms with Gasteiger partial charge in [-0.2, -0.15) is 0 Å². The minimum absolute atomic E-state index is 0.299. The minimum Gasteiger partial charge on any atom is -0.464 e. The Bertz CT molecular complexity index is 639. The summed E-state index contributed by atoms with van der Waals surface area (Å²) in [5.41, 5.74) is 1.36. The fourth-order valence-corrected chi connectivity index (χ4v) is 2.23. The van der Waals surface area contributed by atoms with E-state index in [1.54, 1.807) is 6.26 Å². The summed E-state index contributed by atoms with van der Waals surface area (Å²) >= 11 is 0. The van der Waals surface area contributed by atoms with Crippen LogP contribution in [0.15, 0.2) is 40.9 Å². The number of hydrogen-bond donors (Lipinski definition) is 0. The molecule has 0 N–H and O–H groups in total. The van der Waals surface area contributed by atoms with Crippen LogP contribution >= 0.6 is 0 Å². The van der Waals surface area contributed by atoms with E-state index >= 15 is 0 Å². The average molecular weight is 270 g/mol. The van der Waals surface area contributed by atoms with E-state index < -0.39 is 0 Å². The molecule has 0 saturated carbocycles. The second-order valence-corrected chi connectivity index (χ2v) is 6.20. The number of fused-ring (bicyclic) bond motifs is 1. The summed E-state index contributed by atoms with van der Waals surface area (Å²) in [4.78, 5) is 0. The Morgan fingerprint density at radius 2 is 1.70 bits per heavy atom. The lowest BCUT2D eigenvalue weighted by Crippen LogP contribution is -2.41. The first-order valence-corrected chi connectivity index (χ1v) is 6.88. The smallest absolute Gasteiger partial charge is 0.464 e. The molecule has 20 heavy (non-hydrogen) atoms. The van der Waals surface area contributed by atoms with E-state index in [1.807, 2.05) is 30.3 Å². The van der Waals surface area contributed by atoms with Crippen molar-refractivity contribution in [2.24, 2.45) is 0 Å². The molecule has 3 rings (SSSR count). The van der Waals surface area contributed by atoms with Crippen LogP contribution in [0.4, 0.5) is 0 Å². The molecule has 0 radical (unpaired) electrons. The lowest BCUT2D eigenvalue weighted by Gasteiger charge is -2.32. The van der Waals surface area contributed by atoms with Gasteiger partial charge in [-0.25, -0.2) is 0 Å².